The summed E-state index contributed by atoms with van der Waals surface area (Å²) in [6.07, 6.45) is 2.57. The van der Waals surface area contributed by atoms with Crippen molar-refractivity contribution in [2.45, 2.75) is 13.3 Å². The van der Waals surface area contributed by atoms with Gasteiger partial charge in [-0.25, -0.2) is 0 Å². The van der Waals surface area contributed by atoms with Crippen LogP contribution in [0.3, 0.4) is 0 Å². The minimum atomic E-state index is -0.294. The first kappa shape index (κ1) is 13.3. The van der Waals surface area contributed by atoms with Crippen LogP contribution in [0.4, 0.5) is 5.69 Å². The summed E-state index contributed by atoms with van der Waals surface area (Å²) in [5, 5.41) is 2.58. The second-order valence-corrected chi connectivity index (χ2v) is 5.18. The number of amides is 1. The molecule has 1 aromatic rings. The maximum Gasteiger partial charge on any atom is 0.271 e. The molecule has 0 aliphatic heterocycles. The van der Waals surface area contributed by atoms with Gasteiger partial charge >= 0.3 is 0 Å². The fourth-order valence-corrected chi connectivity index (χ4v) is 2.08. The third-order valence-electron chi connectivity index (χ3n) is 1.72. The molecule has 1 aromatic heterocycles. The van der Waals surface area contributed by atoms with E-state index in [9.17, 15) is 9.59 Å². The Morgan fingerprint density at radius 2 is 2.38 bits per heavy atom. The highest BCUT2D eigenvalue weighted by molar-refractivity contribution is 9.10. The minimum Gasteiger partial charge on any atom is -0.326 e. The lowest BCUT2D eigenvalue weighted by Crippen LogP contribution is -2.21. The van der Waals surface area contributed by atoms with Crippen molar-refractivity contribution in [1.82, 2.24) is 4.98 Å². The fourth-order valence-electron chi connectivity index (χ4n) is 1.05. The van der Waals surface area contributed by atoms with Crippen LogP contribution < -0.4 is 10.9 Å². The second kappa shape index (κ2) is 6.75. The molecule has 1 rings (SSSR count). The minimum absolute atomic E-state index is 0.151. The van der Waals surface area contributed by atoms with Gasteiger partial charge in [-0.3, -0.25) is 9.59 Å². The summed E-state index contributed by atoms with van der Waals surface area (Å²) in [7, 11) is 0. The van der Waals surface area contributed by atoms with Gasteiger partial charge in [0, 0.05) is 10.7 Å². The Kier molecular flexibility index (Phi) is 5.62. The van der Waals surface area contributed by atoms with Gasteiger partial charge in [-0.15, -0.1) is 0 Å². The molecule has 6 heteroatoms. The van der Waals surface area contributed by atoms with E-state index < -0.39 is 0 Å². The predicted molar refractivity (Wildman–Crippen MR) is 71.0 cm³/mol. The van der Waals surface area contributed by atoms with E-state index >= 15 is 0 Å². The lowest BCUT2D eigenvalue weighted by atomic mass is 10.4. The molecule has 0 fully saturated rings. The first-order chi connectivity index (χ1) is 7.63. The van der Waals surface area contributed by atoms with Gasteiger partial charge in [-0.1, -0.05) is 6.92 Å². The first-order valence-electron chi connectivity index (χ1n) is 4.89. The summed E-state index contributed by atoms with van der Waals surface area (Å²) in [5.74, 6) is 1.17. The number of carbonyl (C=O) groups excluding carboxylic acids is 1. The summed E-state index contributed by atoms with van der Waals surface area (Å²) >= 11 is 4.78. The zero-order valence-corrected chi connectivity index (χ0v) is 11.3. The van der Waals surface area contributed by atoms with E-state index in [4.69, 9.17) is 0 Å². The molecule has 0 spiro atoms. The Hall–Kier alpha value is -0.750. The number of hydrogen-bond acceptors (Lipinski definition) is 3. The van der Waals surface area contributed by atoms with Gasteiger partial charge in [0.05, 0.1) is 5.75 Å². The van der Waals surface area contributed by atoms with Gasteiger partial charge in [0.2, 0.25) is 5.91 Å². The summed E-state index contributed by atoms with van der Waals surface area (Å²) in [5.41, 5.74) is -0.0199. The van der Waals surface area contributed by atoms with Crippen molar-refractivity contribution >= 4 is 39.3 Å². The molecular formula is C10H13BrN2O2S. The van der Waals surface area contributed by atoms with Crippen LogP contribution in [0.15, 0.2) is 21.5 Å². The second-order valence-electron chi connectivity index (χ2n) is 3.16. The van der Waals surface area contributed by atoms with E-state index in [2.05, 4.69) is 33.2 Å². The molecule has 0 unspecified atom stereocenters. The van der Waals surface area contributed by atoms with Crippen molar-refractivity contribution in [2.75, 3.05) is 16.8 Å². The number of thioether (sulfide) groups is 1. The molecule has 0 aliphatic rings. The molecule has 0 aromatic carbocycles. The van der Waals surface area contributed by atoms with Crippen LogP contribution in [0.25, 0.3) is 0 Å². The Bertz CT molecular complexity index is 420. The molecule has 88 valence electrons. The van der Waals surface area contributed by atoms with Crippen LogP contribution in [0, 0.1) is 0 Å². The third kappa shape index (κ3) is 4.40. The number of nitrogens with one attached hydrogen (secondary N) is 2. The van der Waals surface area contributed by atoms with Crippen molar-refractivity contribution < 1.29 is 4.79 Å². The van der Waals surface area contributed by atoms with Crippen molar-refractivity contribution in [3.63, 3.8) is 0 Å². The fraction of sp³-hybridized carbons (Fsp3) is 0.400. The van der Waals surface area contributed by atoms with E-state index in [-0.39, 0.29) is 17.2 Å². The molecule has 0 bridgehead atoms. The van der Waals surface area contributed by atoms with Crippen molar-refractivity contribution in [3.8, 4) is 0 Å². The van der Waals surface area contributed by atoms with E-state index in [0.717, 1.165) is 16.6 Å². The quantitative estimate of drug-likeness (QED) is 0.820. The molecule has 2 N–H and O–H groups in total. The number of carbonyl (C=O) groups is 1. The summed E-state index contributed by atoms with van der Waals surface area (Å²) in [6.45, 7) is 2.06. The Morgan fingerprint density at radius 1 is 1.62 bits per heavy atom. The molecule has 16 heavy (non-hydrogen) atoms. The highest BCUT2D eigenvalue weighted by atomic mass is 79.9. The molecule has 4 nitrogen and oxygen atoms in total. The van der Waals surface area contributed by atoms with Gasteiger partial charge in [-0.05, 0) is 34.2 Å². The van der Waals surface area contributed by atoms with Crippen LogP contribution in [-0.2, 0) is 4.79 Å². The molecule has 0 saturated heterocycles. The molecule has 0 atom stereocenters. The van der Waals surface area contributed by atoms with Crippen LogP contribution in [0.5, 0.6) is 0 Å². The van der Waals surface area contributed by atoms with E-state index in [1.165, 1.54) is 6.20 Å². The highest BCUT2D eigenvalue weighted by Gasteiger charge is 2.05. The lowest BCUT2D eigenvalue weighted by molar-refractivity contribution is -0.113. The number of pyridine rings is 1. The van der Waals surface area contributed by atoms with E-state index in [1.807, 2.05) is 0 Å². The van der Waals surface area contributed by atoms with Gasteiger partial charge in [0.25, 0.3) is 5.56 Å². The van der Waals surface area contributed by atoms with Crippen molar-refractivity contribution in [3.05, 3.63) is 27.1 Å². The van der Waals surface area contributed by atoms with Crippen LogP contribution in [-0.4, -0.2) is 22.4 Å². The Morgan fingerprint density at radius 3 is 3.06 bits per heavy atom. The van der Waals surface area contributed by atoms with Gasteiger partial charge in [0.15, 0.2) is 0 Å². The van der Waals surface area contributed by atoms with E-state index in [0.29, 0.717) is 5.75 Å². The largest absolute Gasteiger partial charge is 0.326 e. The molecule has 0 aliphatic carbocycles. The Labute approximate surface area is 106 Å². The standard InChI is InChI=1S/C10H13BrN2O2S/c1-2-3-16-6-9(14)13-8-4-7(11)5-12-10(8)15/h4-5H,2-3,6H2,1H3,(H,12,15)(H,13,14). The molecule has 0 radical (unpaired) electrons. The zero-order valence-electron chi connectivity index (χ0n) is 8.88. The normalized spacial score (nSPS) is 10.1. The third-order valence-corrected chi connectivity index (χ3v) is 3.34. The molecule has 1 amide bonds. The van der Waals surface area contributed by atoms with Crippen molar-refractivity contribution in [2.24, 2.45) is 0 Å². The number of aromatic nitrogens is 1. The number of aromatic amines is 1. The van der Waals surface area contributed by atoms with Crippen molar-refractivity contribution in [1.29, 1.82) is 0 Å². The average molecular weight is 305 g/mol. The average Bonchev–Trinajstić information content (AvgIpc) is 2.24. The van der Waals surface area contributed by atoms with Gasteiger partial charge < -0.3 is 10.3 Å². The topological polar surface area (TPSA) is 62.0 Å². The SMILES string of the molecule is CCCSCC(=O)Nc1cc(Br)c[nH]c1=O. The van der Waals surface area contributed by atoms with E-state index in [1.54, 1.807) is 17.8 Å². The zero-order chi connectivity index (χ0) is 12.0. The maximum atomic E-state index is 11.5. The highest BCUT2D eigenvalue weighted by Crippen LogP contribution is 2.10. The smallest absolute Gasteiger partial charge is 0.271 e. The van der Waals surface area contributed by atoms with Crippen LogP contribution in [0.2, 0.25) is 0 Å². The van der Waals surface area contributed by atoms with Gasteiger partial charge in [-0.2, -0.15) is 11.8 Å². The summed E-state index contributed by atoms with van der Waals surface area (Å²) < 4.78 is 0.726. The molecular weight excluding hydrogens is 292 g/mol. The number of H-pyrrole nitrogens is 1. The summed E-state index contributed by atoms with van der Waals surface area (Å²) in [4.78, 5) is 25.3. The monoisotopic (exact) mass is 304 g/mol. The van der Waals surface area contributed by atoms with Crippen LogP contribution >= 0.6 is 27.7 Å². The number of hydrogen-bond donors (Lipinski definition) is 2. The molecule has 0 saturated carbocycles. The van der Waals surface area contributed by atoms with Crippen LogP contribution in [0.1, 0.15) is 13.3 Å². The predicted octanol–water partition coefficient (Wildman–Crippen LogP) is 2.22. The Balaban J connectivity index is 2.56. The lowest BCUT2D eigenvalue weighted by Gasteiger charge is -2.04. The summed E-state index contributed by atoms with van der Waals surface area (Å²) in [6, 6.07) is 1.58. The van der Waals surface area contributed by atoms with Gasteiger partial charge in [0.1, 0.15) is 5.69 Å². The number of anilines is 1. The first-order valence-corrected chi connectivity index (χ1v) is 6.84. The molecule has 1 heterocycles. The maximum absolute atomic E-state index is 11.5. The number of rotatable bonds is 5. The number of halogens is 1.